The van der Waals surface area contributed by atoms with Crippen LogP contribution >= 0.6 is 0 Å². The predicted molar refractivity (Wildman–Crippen MR) is 74.4 cm³/mol. The van der Waals surface area contributed by atoms with Crippen LogP contribution in [0.5, 0.6) is 5.75 Å². The summed E-state index contributed by atoms with van der Waals surface area (Å²) in [5.74, 6) is 1.43. The molecule has 5 nitrogen and oxygen atoms in total. The molecule has 0 atom stereocenters. The van der Waals surface area contributed by atoms with Crippen LogP contribution in [0.4, 0.5) is 0 Å². The Kier molecular flexibility index (Phi) is 4.76. The number of methoxy groups -OCH3 is 1. The molecule has 0 aliphatic heterocycles. The standard InChI is InChI=1S/C15H18N2O3/c1-11-17-13(10-20-11)5-8-15(18)16-9-12-3-6-14(19-2)7-4-12/h3-4,6-7,10H,5,8-9H2,1-2H3,(H,16,18). The molecular formula is C15H18N2O3. The molecule has 0 unspecified atom stereocenters. The monoisotopic (exact) mass is 274 g/mol. The van der Waals surface area contributed by atoms with E-state index in [2.05, 4.69) is 10.3 Å². The lowest BCUT2D eigenvalue weighted by Gasteiger charge is -2.05. The molecule has 0 radical (unpaired) electrons. The normalized spacial score (nSPS) is 10.3. The summed E-state index contributed by atoms with van der Waals surface area (Å²) >= 11 is 0. The fourth-order valence-corrected chi connectivity index (χ4v) is 1.80. The Hall–Kier alpha value is -2.30. The summed E-state index contributed by atoms with van der Waals surface area (Å²) in [6.07, 6.45) is 2.58. The third-order valence-corrected chi connectivity index (χ3v) is 2.92. The highest BCUT2D eigenvalue weighted by Crippen LogP contribution is 2.11. The van der Waals surface area contributed by atoms with Gasteiger partial charge in [-0.25, -0.2) is 4.98 Å². The number of ether oxygens (including phenoxy) is 1. The second kappa shape index (κ2) is 6.75. The molecule has 1 aromatic carbocycles. The van der Waals surface area contributed by atoms with E-state index in [1.54, 1.807) is 20.3 Å². The molecule has 1 aromatic heterocycles. The van der Waals surface area contributed by atoms with Crippen molar-refractivity contribution in [3.05, 3.63) is 47.7 Å². The van der Waals surface area contributed by atoms with E-state index in [1.807, 2.05) is 24.3 Å². The predicted octanol–water partition coefficient (Wildman–Crippen LogP) is 2.24. The van der Waals surface area contributed by atoms with Gasteiger partial charge in [-0.15, -0.1) is 0 Å². The molecule has 20 heavy (non-hydrogen) atoms. The Balaban J connectivity index is 1.74. The Morgan fingerprint density at radius 1 is 1.35 bits per heavy atom. The molecular weight excluding hydrogens is 256 g/mol. The van der Waals surface area contributed by atoms with Gasteiger partial charge in [-0.2, -0.15) is 0 Å². The zero-order valence-electron chi connectivity index (χ0n) is 11.7. The zero-order valence-corrected chi connectivity index (χ0v) is 11.7. The molecule has 1 heterocycles. The zero-order chi connectivity index (χ0) is 14.4. The average Bonchev–Trinajstić information content (AvgIpc) is 2.89. The van der Waals surface area contributed by atoms with Crippen LogP contribution in [0.15, 0.2) is 34.9 Å². The number of nitrogens with one attached hydrogen (secondary N) is 1. The largest absolute Gasteiger partial charge is 0.497 e. The van der Waals surface area contributed by atoms with E-state index >= 15 is 0 Å². The van der Waals surface area contributed by atoms with Crippen LogP contribution in [-0.4, -0.2) is 18.0 Å². The van der Waals surface area contributed by atoms with Gasteiger partial charge in [0.2, 0.25) is 5.91 Å². The maximum absolute atomic E-state index is 11.7. The minimum absolute atomic E-state index is 0.00136. The maximum atomic E-state index is 11.7. The van der Waals surface area contributed by atoms with Gasteiger partial charge in [-0.05, 0) is 17.7 Å². The van der Waals surface area contributed by atoms with Crippen molar-refractivity contribution in [2.45, 2.75) is 26.3 Å². The Labute approximate surface area is 118 Å². The minimum atomic E-state index is 0.00136. The summed E-state index contributed by atoms with van der Waals surface area (Å²) in [4.78, 5) is 15.9. The van der Waals surface area contributed by atoms with Gasteiger partial charge in [0, 0.05) is 26.3 Å². The van der Waals surface area contributed by atoms with Gasteiger partial charge in [0.1, 0.15) is 12.0 Å². The number of carbonyl (C=O) groups excluding carboxylic acids is 1. The van der Waals surface area contributed by atoms with E-state index < -0.39 is 0 Å². The van der Waals surface area contributed by atoms with Crippen molar-refractivity contribution >= 4 is 5.91 Å². The van der Waals surface area contributed by atoms with Crippen molar-refractivity contribution in [1.82, 2.24) is 10.3 Å². The first kappa shape index (κ1) is 14.1. The van der Waals surface area contributed by atoms with Crippen molar-refractivity contribution in [2.24, 2.45) is 0 Å². The van der Waals surface area contributed by atoms with Gasteiger partial charge in [-0.3, -0.25) is 4.79 Å². The number of benzene rings is 1. The average molecular weight is 274 g/mol. The molecule has 0 bridgehead atoms. The molecule has 5 heteroatoms. The first-order valence-corrected chi connectivity index (χ1v) is 6.48. The van der Waals surface area contributed by atoms with E-state index in [0.29, 0.717) is 25.3 Å². The van der Waals surface area contributed by atoms with Crippen molar-refractivity contribution in [3.63, 3.8) is 0 Å². The van der Waals surface area contributed by atoms with Crippen LogP contribution in [0.25, 0.3) is 0 Å². The lowest BCUT2D eigenvalue weighted by Crippen LogP contribution is -2.23. The smallest absolute Gasteiger partial charge is 0.220 e. The van der Waals surface area contributed by atoms with Crippen molar-refractivity contribution in [3.8, 4) is 5.75 Å². The second-order valence-electron chi connectivity index (χ2n) is 4.48. The maximum Gasteiger partial charge on any atom is 0.220 e. The second-order valence-corrected chi connectivity index (χ2v) is 4.48. The first-order chi connectivity index (χ1) is 9.67. The van der Waals surface area contributed by atoms with Crippen LogP contribution in [0, 0.1) is 6.92 Å². The quantitative estimate of drug-likeness (QED) is 0.877. The molecule has 0 saturated carbocycles. The van der Waals surface area contributed by atoms with E-state index in [9.17, 15) is 4.79 Å². The van der Waals surface area contributed by atoms with Gasteiger partial charge < -0.3 is 14.5 Å². The summed E-state index contributed by atoms with van der Waals surface area (Å²) in [6.45, 7) is 2.30. The number of nitrogens with zero attached hydrogens (tertiary/aromatic N) is 1. The molecule has 0 fully saturated rings. The van der Waals surface area contributed by atoms with E-state index in [0.717, 1.165) is 17.0 Å². The fourth-order valence-electron chi connectivity index (χ4n) is 1.80. The van der Waals surface area contributed by atoms with Gasteiger partial charge in [0.05, 0.1) is 12.8 Å². The number of rotatable bonds is 6. The van der Waals surface area contributed by atoms with Crippen molar-refractivity contribution in [1.29, 1.82) is 0 Å². The van der Waals surface area contributed by atoms with Gasteiger partial charge in [-0.1, -0.05) is 12.1 Å². The number of oxazole rings is 1. The van der Waals surface area contributed by atoms with Crippen LogP contribution in [-0.2, 0) is 17.8 Å². The number of carbonyl (C=O) groups is 1. The van der Waals surface area contributed by atoms with Crippen LogP contribution in [0.3, 0.4) is 0 Å². The Morgan fingerprint density at radius 3 is 2.70 bits per heavy atom. The lowest BCUT2D eigenvalue weighted by molar-refractivity contribution is -0.121. The number of aromatic nitrogens is 1. The molecule has 1 amide bonds. The minimum Gasteiger partial charge on any atom is -0.497 e. The fraction of sp³-hybridized carbons (Fsp3) is 0.333. The third-order valence-electron chi connectivity index (χ3n) is 2.92. The Morgan fingerprint density at radius 2 is 2.10 bits per heavy atom. The van der Waals surface area contributed by atoms with E-state index in [-0.39, 0.29) is 5.91 Å². The summed E-state index contributed by atoms with van der Waals surface area (Å²) in [6, 6.07) is 7.61. The molecule has 0 aliphatic rings. The highest BCUT2D eigenvalue weighted by atomic mass is 16.5. The van der Waals surface area contributed by atoms with Crippen LogP contribution in [0.1, 0.15) is 23.6 Å². The molecule has 2 rings (SSSR count). The third kappa shape index (κ3) is 4.12. The highest BCUT2D eigenvalue weighted by Gasteiger charge is 2.05. The molecule has 1 N–H and O–H groups in total. The van der Waals surface area contributed by atoms with E-state index in [4.69, 9.17) is 9.15 Å². The molecule has 0 spiro atoms. The van der Waals surface area contributed by atoms with Gasteiger partial charge in [0.25, 0.3) is 0 Å². The molecule has 106 valence electrons. The number of hydrogen-bond acceptors (Lipinski definition) is 4. The van der Waals surface area contributed by atoms with Gasteiger partial charge >= 0.3 is 0 Å². The van der Waals surface area contributed by atoms with Crippen molar-refractivity contribution < 1.29 is 13.9 Å². The molecule has 2 aromatic rings. The van der Waals surface area contributed by atoms with Crippen molar-refractivity contribution in [2.75, 3.05) is 7.11 Å². The summed E-state index contributed by atoms with van der Waals surface area (Å²) < 4.78 is 10.2. The Bertz CT molecular complexity index is 561. The molecule has 0 saturated heterocycles. The highest BCUT2D eigenvalue weighted by molar-refractivity contribution is 5.76. The summed E-state index contributed by atoms with van der Waals surface area (Å²) in [5.41, 5.74) is 1.85. The lowest BCUT2D eigenvalue weighted by atomic mass is 10.2. The topological polar surface area (TPSA) is 64.4 Å². The number of aryl methyl sites for hydroxylation is 2. The van der Waals surface area contributed by atoms with Gasteiger partial charge in [0.15, 0.2) is 5.89 Å². The SMILES string of the molecule is COc1ccc(CNC(=O)CCc2coc(C)n2)cc1. The molecule has 0 aliphatic carbocycles. The summed E-state index contributed by atoms with van der Waals surface area (Å²) in [5, 5.41) is 2.88. The number of hydrogen-bond donors (Lipinski definition) is 1. The van der Waals surface area contributed by atoms with Crippen LogP contribution in [0.2, 0.25) is 0 Å². The summed E-state index contributed by atoms with van der Waals surface area (Å²) in [7, 11) is 1.63. The first-order valence-electron chi connectivity index (χ1n) is 6.48. The van der Waals surface area contributed by atoms with Crippen LogP contribution < -0.4 is 10.1 Å². The number of amides is 1. The van der Waals surface area contributed by atoms with E-state index in [1.165, 1.54) is 0 Å².